The first-order valence-corrected chi connectivity index (χ1v) is 5.31. The Balaban J connectivity index is 2.25. The monoisotopic (exact) mass is 207 g/mol. The van der Waals surface area contributed by atoms with Crippen molar-refractivity contribution in [3.05, 3.63) is 35.4 Å². The largest absolute Gasteiger partial charge is 0.395 e. The molecule has 15 heavy (non-hydrogen) atoms. The van der Waals surface area contributed by atoms with Gasteiger partial charge in [-0.3, -0.25) is 4.90 Å². The van der Waals surface area contributed by atoms with Gasteiger partial charge in [0.25, 0.3) is 0 Å². The van der Waals surface area contributed by atoms with Crippen molar-refractivity contribution in [2.75, 3.05) is 20.2 Å². The van der Waals surface area contributed by atoms with Gasteiger partial charge in [0.2, 0.25) is 0 Å². The number of fused-ring (bicyclic) bond motifs is 1. The Morgan fingerprint density at radius 3 is 2.87 bits per heavy atom. The van der Waals surface area contributed by atoms with Gasteiger partial charge in [-0.05, 0) is 18.2 Å². The van der Waals surface area contributed by atoms with E-state index in [2.05, 4.69) is 12.1 Å². The standard InChI is InChI=1S/C12H17NO2/c1-13(6-7-14)12-10-5-3-2-4-9(10)8-11(12)15/h2-5,11-12,14-15H,6-8H2,1H3/t11-,12-/m1/s1. The van der Waals surface area contributed by atoms with Gasteiger partial charge in [-0.25, -0.2) is 0 Å². The normalized spacial score (nSPS) is 24.5. The molecule has 0 saturated carbocycles. The molecule has 1 aliphatic rings. The maximum atomic E-state index is 9.98. The van der Waals surface area contributed by atoms with Crippen LogP contribution in [0.3, 0.4) is 0 Å². The van der Waals surface area contributed by atoms with Crippen LogP contribution < -0.4 is 0 Å². The number of benzene rings is 1. The lowest BCUT2D eigenvalue weighted by Crippen LogP contribution is -2.33. The summed E-state index contributed by atoms with van der Waals surface area (Å²) in [5, 5.41) is 18.9. The zero-order chi connectivity index (χ0) is 10.8. The lowest BCUT2D eigenvalue weighted by atomic mass is 10.1. The van der Waals surface area contributed by atoms with Gasteiger partial charge in [-0.2, -0.15) is 0 Å². The molecule has 0 heterocycles. The van der Waals surface area contributed by atoms with Crippen molar-refractivity contribution >= 4 is 0 Å². The summed E-state index contributed by atoms with van der Waals surface area (Å²) in [6, 6.07) is 8.15. The summed E-state index contributed by atoms with van der Waals surface area (Å²) in [6.45, 7) is 0.720. The van der Waals surface area contributed by atoms with Gasteiger partial charge in [-0.15, -0.1) is 0 Å². The highest BCUT2D eigenvalue weighted by Gasteiger charge is 2.33. The third kappa shape index (κ3) is 1.91. The van der Waals surface area contributed by atoms with Crippen molar-refractivity contribution in [2.24, 2.45) is 0 Å². The molecule has 1 aliphatic carbocycles. The van der Waals surface area contributed by atoms with Gasteiger partial charge in [-0.1, -0.05) is 24.3 Å². The minimum absolute atomic E-state index is 0.0355. The third-order valence-corrected chi connectivity index (χ3v) is 3.09. The first-order chi connectivity index (χ1) is 7.24. The molecule has 2 rings (SSSR count). The fourth-order valence-corrected chi connectivity index (χ4v) is 2.38. The van der Waals surface area contributed by atoms with Crippen molar-refractivity contribution in [3.8, 4) is 0 Å². The first-order valence-electron chi connectivity index (χ1n) is 5.31. The first kappa shape index (κ1) is 10.6. The quantitative estimate of drug-likeness (QED) is 0.761. The molecule has 0 amide bonds. The molecule has 3 nitrogen and oxygen atoms in total. The SMILES string of the molecule is CN(CCO)[C@@H]1c2ccccc2C[C@H]1O. The van der Waals surface area contributed by atoms with E-state index in [1.165, 1.54) is 11.1 Å². The van der Waals surface area contributed by atoms with Crippen LogP contribution in [0.5, 0.6) is 0 Å². The highest BCUT2D eigenvalue weighted by Crippen LogP contribution is 2.34. The smallest absolute Gasteiger partial charge is 0.0777 e. The van der Waals surface area contributed by atoms with Crippen LogP contribution in [-0.4, -0.2) is 41.4 Å². The number of aliphatic hydroxyl groups excluding tert-OH is 2. The molecule has 0 aliphatic heterocycles. The molecule has 0 saturated heterocycles. The Kier molecular flexibility index (Phi) is 3.05. The van der Waals surface area contributed by atoms with Crippen LogP contribution in [0.4, 0.5) is 0 Å². The Bertz CT molecular complexity index is 340. The van der Waals surface area contributed by atoms with Gasteiger partial charge < -0.3 is 10.2 Å². The van der Waals surface area contributed by atoms with E-state index < -0.39 is 0 Å². The predicted molar refractivity (Wildman–Crippen MR) is 58.6 cm³/mol. The Hall–Kier alpha value is -0.900. The maximum Gasteiger partial charge on any atom is 0.0777 e. The van der Waals surface area contributed by atoms with Crippen molar-refractivity contribution in [1.82, 2.24) is 4.90 Å². The molecule has 2 atom stereocenters. The van der Waals surface area contributed by atoms with E-state index >= 15 is 0 Å². The fourth-order valence-electron chi connectivity index (χ4n) is 2.38. The van der Waals surface area contributed by atoms with Gasteiger partial charge >= 0.3 is 0 Å². The molecule has 0 spiro atoms. The van der Waals surface area contributed by atoms with Crippen LogP contribution in [0, 0.1) is 0 Å². The predicted octanol–water partition coefficient (Wildman–Crippen LogP) is 0.569. The molecular formula is C12H17NO2. The molecule has 0 bridgehead atoms. The summed E-state index contributed by atoms with van der Waals surface area (Å²) in [7, 11) is 1.94. The number of likely N-dealkylation sites (N-methyl/N-ethyl adjacent to an activating group) is 1. The molecule has 1 aromatic carbocycles. The van der Waals surface area contributed by atoms with Crippen molar-refractivity contribution < 1.29 is 10.2 Å². The highest BCUT2D eigenvalue weighted by molar-refractivity contribution is 5.36. The Morgan fingerprint density at radius 1 is 1.40 bits per heavy atom. The van der Waals surface area contributed by atoms with Crippen LogP contribution >= 0.6 is 0 Å². The number of hydrogen-bond donors (Lipinski definition) is 2. The lowest BCUT2D eigenvalue weighted by molar-refractivity contribution is 0.0664. The average Bonchev–Trinajstić information content (AvgIpc) is 2.54. The fraction of sp³-hybridized carbons (Fsp3) is 0.500. The molecule has 1 aromatic rings. The van der Waals surface area contributed by atoms with E-state index in [0.29, 0.717) is 6.54 Å². The summed E-state index contributed by atoms with van der Waals surface area (Å²) < 4.78 is 0. The van der Waals surface area contributed by atoms with Crippen molar-refractivity contribution in [1.29, 1.82) is 0 Å². The van der Waals surface area contributed by atoms with Crippen molar-refractivity contribution in [2.45, 2.75) is 18.6 Å². The number of rotatable bonds is 3. The second-order valence-corrected chi connectivity index (χ2v) is 4.12. The lowest BCUT2D eigenvalue weighted by Gasteiger charge is -2.27. The Labute approximate surface area is 90.0 Å². The second kappa shape index (κ2) is 4.31. The summed E-state index contributed by atoms with van der Waals surface area (Å²) in [4.78, 5) is 2.01. The summed E-state index contributed by atoms with van der Waals surface area (Å²) in [5.41, 5.74) is 2.42. The molecule has 3 heteroatoms. The van der Waals surface area contributed by atoms with Gasteiger partial charge in [0.05, 0.1) is 18.8 Å². The third-order valence-electron chi connectivity index (χ3n) is 3.09. The van der Waals surface area contributed by atoms with Crippen molar-refractivity contribution in [3.63, 3.8) is 0 Å². The topological polar surface area (TPSA) is 43.7 Å². The van der Waals surface area contributed by atoms with E-state index in [1.54, 1.807) is 0 Å². The summed E-state index contributed by atoms with van der Waals surface area (Å²) in [5.74, 6) is 0. The van der Waals surface area contributed by atoms with Crippen LogP contribution in [0.15, 0.2) is 24.3 Å². The summed E-state index contributed by atoms with van der Waals surface area (Å²) in [6.07, 6.45) is 0.371. The van der Waals surface area contributed by atoms with Crippen LogP contribution in [0.2, 0.25) is 0 Å². The Morgan fingerprint density at radius 2 is 2.13 bits per heavy atom. The molecular weight excluding hydrogens is 190 g/mol. The van der Waals surface area contributed by atoms with E-state index in [0.717, 1.165) is 6.42 Å². The minimum atomic E-state index is -0.348. The molecule has 0 unspecified atom stereocenters. The van der Waals surface area contributed by atoms with Gasteiger partial charge in [0.15, 0.2) is 0 Å². The molecule has 0 fully saturated rings. The zero-order valence-electron chi connectivity index (χ0n) is 8.93. The molecule has 0 aromatic heterocycles. The minimum Gasteiger partial charge on any atom is -0.395 e. The maximum absolute atomic E-state index is 9.98. The van der Waals surface area contributed by atoms with E-state index in [1.807, 2.05) is 24.1 Å². The molecule has 2 N–H and O–H groups in total. The van der Waals surface area contributed by atoms with Gasteiger partial charge in [0, 0.05) is 13.0 Å². The van der Waals surface area contributed by atoms with E-state index in [4.69, 9.17) is 5.11 Å². The second-order valence-electron chi connectivity index (χ2n) is 4.12. The number of aliphatic hydroxyl groups is 2. The van der Waals surface area contributed by atoms with E-state index in [-0.39, 0.29) is 18.8 Å². The number of nitrogens with zero attached hydrogens (tertiary/aromatic N) is 1. The zero-order valence-corrected chi connectivity index (χ0v) is 8.93. The highest BCUT2D eigenvalue weighted by atomic mass is 16.3. The average molecular weight is 207 g/mol. The number of hydrogen-bond acceptors (Lipinski definition) is 3. The van der Waals surface area contributed by atoms with Gasteiger partial charge in [0.1, 0.15) is 0 Å². The van der Waals surface area contributed by atoms with E-state index in [9.17, 15) is 5.11 Å². The van der Waals surface area contributed by atoms with Crippen LogP contribution in [0.25, 0.3) is 0 Å². The molecule has 0 radical (unpaired) electrons. The molecule has 82 valence electrons. The van der Waals surface area contributed by atoms with Crippen LogP contribution in [0.1, 0.15) is 17.2 Å². The summed E-state index contributed by atoms with van der Waals surface area (Å²) >= 11 is 0. The van der Waals surface area contributed by atoms with Crippen LogP contribution in [-0.2, 0) is 6.42 Å².